The number of carbonyl (C=O) groups excluding carboxylic acids is 2. The second-order valence-electron chi connectivity index (χ2n) is 2.12. The van der Waals surface area contributed by atoms with Gasteiger partial charge >= 0.3 is 16.5 Å². The molecular weight excluding hydrogens is 219 g/mol. The molecule has 0 saturated heterocycles. The van der Waals surface area contributed by atoms with Crippen LogP contribution in [0.2, 0.25) is 0 Å². The number of hydrogen-bond acceptors (Lipinski definition) is 4. The summed E-state index contributed by atoms with van der Waals surface area (Å²) in [4.78, 5) is 20.6. The maximum atomic E-state index is 10.3. The quantitative estimate of drug-likeness (QED) is 0.566. The van der Waals surface area contributed by atoms with E-state index in [1.165, 1.54) is 12.1 Å². The van der Waals surface area contributed by atoms with Gasteiger partial charge < -0.3 is 19.8 Å². The van der Waals surface area contributed by atoms with Crippen molar-refractivity contribution in [3.05, 3.63) is 35.4 Å². The molecule has 0 unspecified atom stereocenters. The van der Waals surface area contributed by atoms with Gasteiger partial charge in [-0.1, -0.05) is 24.3 Å². The first kappa shape index (κ1) is 11.7. The Balaban J connectivity index is 0.00000144. The summed E-state index contributed by atoms with van der Waals surface area (Å²) in [7, 11) is 0. The Morgan fingerprint density at radius 1 is 0.923 bits per heavy atom. The fourth-order valence-electron chi connectivity index (χ4n) is 0.839. The molecule has 0 spiro atoms. The van der Waals surface area contributed by atoms with Gasteiger partial charge in [0.15, 0.2) is 0 Å². The Hall–Kier alpha value is -1.35. The van der Waals surface area contributed by atoms with Crippen molar-refractivity contribution in [3.8, 4) is 0 Å². The van der Waals surface area contributed by atoms with Crippen LogP contribution >= 0.6 is 0 Å². The van der Waals surface area contributed by atoms with Crippen LogP contribution in [0.5, 0.6) is 0 Å². The number of benzene rings is 1. The maximum Gasteiger partial charge on any atom is 2.00 e. The summed E-state index contributed by atoms with van der Waals surface area (Å²) < 4.78 is 0. The monoisotopic (exact) mass is 222 g/mol. The number of carboxylic acid groups (broad SMARTS) is 2. The molecule has 0 bridgehead atoms. The van der Waals surface area contributed by atoms with E-state index in [0.717, 1.165) is 12.1 Å². The van der Waals surface area contributed by atoms with Crippen LogP contribution in [-0.2, 0) is 16.5 Å². The zero-order valence-electron chi connectivity index (χ0n) is 6.26. The van der Waals surface area contributed by atoms with Gasteiger partial charge in [0.2, 0.25) is 0 Å². The maximum absolute atomic E-state index is 10.3. The minimum Gasteiger partial charge on any atom is -0.545 e. The van der Waals surface area contributed by atoms with Crippen LogP contribution in [0.1, 0.15) is 20.7 Å². The van der Waals surface area contributed by atoms with Gasteiger partial charge in [0.25, 0.3) is 0 Å². The molecule has 0 atom stereocenters. The summed E-state index contributed by atoms with van der Waals surface area (Å²) in [5.41, 5.74) is -0.727. The van der Waals surface area contributed by atoms with E-state index in [1.807, 2.05) is 0 Å². The van der Waals surface area contributed by atoms with Crippen molar-refractivity contribution >= 4 is 11.9 Å². The summed E-state index contributed by atoms with van der Waals surface area (Å²) in [6.07, 6.45) is 0. The second-order valence-corrected chi connectivity index (χ2v) is 2.12. The molecule has 4 nitrogen and oxygen atoms in total. The standard InChI is InChI=1S/C8H6O4.Ni/c9-7(10)5-3-1-2-4-6(5)8(11)12;/h1-4H,(H,9,10)(H,11,12);/q;+2/p-2. The molecule has 1 aromatic carbocycles. The van der Waals surface area contributed by atoms with Crippen LogP contribution in [-0.4, -0.2) is 11.9 Å². The third-order valence-electron chi connectivity index (χ3n) is 1.37. The Labute approximate surface area is 84.1 Å². The summed E-state index contributed by atoms with van der Waals surface area (Å²) >= 11 is 0. The Bertz CT molecular complexity index is 302. The van der Waals surface area contributed by atoms with Crippen molar-refractivity contribution < 1.29 is 36.3 Å². The van der Waals surface area contributed by atoms with Crippen LogP contribution in [0.3, 0.4) is 0 Å². The fourth-order valence-corrected chi connectivity index (χ4v) is 0.839. The summed E-state index contributed by atoms with van der Waals surface area (Å²) in [6.45, 7) is 0. The third kappa shape index (κ3) is 2.56. The largest absolute Gasteiger partial charge is 2.00 e. The van der Waals surface area contributed by atoms with Gasteiger partial charge in [-0.3, -0.25) is 0 Å². The van der Waals surface area contributed by atoms with Crippen LogP contribution in [0, 0.1) is 0 Å². The summed E-state index contributed by atoms with van der Waals surface area (Å²) in [6, 6.07) is 5.14. The van der Waals surface area contributed by atoms with E-state index < -0.39 is 11.9 Å². The van der Waals surface area contributed by atoms with Gasteiger partial charge in [-0.2, -0.15) is 0 Å². The smallest absolute Gasteiger partial charge is 0.545 e. The molecule has 0 N–H and O–H groups in total. The zero-order chi connectivity index (χ0) is 9.14. The van der Waals surface area contributed by atoms with Crippen molar-refractivity contribution in [2.45, 2.75) is 0 Å². The van der Waals surface area contributed by atoms with Crippen LogP contribution in [0.25, 0.3) is 0 Å². The van der Waals surface area contributed by atoms with Crippen molar-refractivity contribution in [1.29, 1.82) is 0 Å². The van der Waals surface area contributed by atoms with Crippen LogP contribution < -0.4 is 10.2 Å². The van der Waals surface area contributed by atoms with Crippen molar-refractivity contribution in [1.82, 2.24) is 0 Å². The molecule has 0 aliphatic heterocycles. The van der Waals surface area contributed by atoms with Gasteiger partial charge in [0.1, 0.15) is 0 Å². The Morgan fingerprint density at radius 3 is 1.46 bits per heavy atom. The SMILES string of the molecule is O=C([O-])c1ccccc1C(=O)[O-].[Ni+2]. The van der Waals surface area contributed by atoms with Crippen molar-refractivity contribution in [2.75, 3.05) is 0 Å². The molecule has 5 heteroatoms. The van der Waals surface area contributed by atoms with Gasteiger partial charge in [-0.25, -0.2) is 0 Å². The molecule has 0 aliphatic rings. The van der Waals surface area contributed by atoms with E-state index in [1.54, 1.807) is 0 Å². The van der Waals surface area contributed by atoms with Crippen molar-refractivity contribution in [2.24, 2.45) is 0 Å². The van der Waals surface area contributed by atoms with Crippen LogP contribution in [0.15, 0.2) is 24.3 Å². The first-order valence-electron chi connectivity index (χ1n) is 3.14. The summed E-state index contributed by atoms with van der Waals surface area (Å²) in [5, 5.41) is 20.6. The molecule has 0 heterocycles. The first-order chi connectivity index (χ1) is 5.63. The fraction of sp³-hybridized carbons (Fsp3) is 0. The number of carboxylic acids is 2. The molecular formula is C8H4NiO4. The number of hydrogen-bond donors (Lipinski definition) is 0. The molecule has 0 saturated carbocycles. The molecule has 0 amide bonds. The minimum atomic E-state index is -1.52. The predicted molar refractivity (Wildman–Crippen MR) is 35.1 cm³/mol. The third-order valence-corrected chi connectivity index (χ3v) is 1.37. The molecule has 0 aromatic heterocycles. The van der Waals surface area contributed by atoms with Gasteiger partial charge in [-0.05, 0) is 0 Å². The number of aromatic carboxylic acids is 2. The molecule has 1 aromatic rings. The van der Waals surface area contributed by atoms with Crippen molar-refractivity contribution in [3.63, 3.8) is 0 Å². The second kappa shape index (κ2) is 4.62. The Morgan fingerprint density at radius 2 is 1.23 bits per heavy atom. The van der Waals surface area contributed by atoms with Gasteiger partial charge in [-0.15, -0.1) is 0 Å². The van der Waals surface area contributed by atoms with E-state index in [-0.39, 0.29) is 27.6 Å². The summed E-state index contributed by atoms with van der Waals surface area (Å²) in [5.74, 6) is -3.04. The Kier molecular flexibility index (Phi) is 4.14. The van der Waals surface area contributed by atoms with E-state index >= 15 is 0 Å². The van der Waals surface area contributed by atoms with Gasteiger partial charge in [0, 0.05) is 11.1 Å². The molecule has 0 aliphatic carbocycles. The topological polar surface area (TPSA) is 80.3 Å². The van der Waals surface area contributed by atoms with Gasteiger partial charge in [0.05, 0.1) is 11.9 Å². The molecule has 13 heavy (non-hydrogen) atoms. The molecule has 0 radical (unpaired) electrons. The van der Waals surface area contributed by atoms with E-state index in [9.17, 15) is 19.8 Å². The van der Waals surface area contributed by atoms with E-state index in [4.69, 9.17) is 0 Å². The average molecular weight is 223 g/mol. The normalized spacial score (nSPS) is 8.62. The zero-order valence-corrected chi connectivity index (χ0v) is 7.25. The first-order valence-corrected chi connectivity index (χ1v) is 3.14. The van der Waals surface area contributed by atoms with Crippen LogP contribution in [0.4, 0.5) is 0 Å². The minimum absolute atomic E-state index is 0. The number of rotatable bonds is 2. The number of carbonyl (C=O) groups is 2. The predicted octanol–water partition coefficient (Wildman–Crippen LogP) is -1.59. The molecule has 0 fully saturated rings. The van der Waals surface area contributed by atoms with E-state index in [0.29, 0.717) is 0 Å². The molecule has 70 valence electrons. The van der Waals surface area contributed by atoms with E-state index in [2.05, 4.69) is 0 Å². The average Bonchev–Trinajstić information content (AvgIpc) is 2.04. The molecule has 1 rings (SSSR count).